The van der Waals surface area contributed by atoms with E-state index in [4.69, 9.17) is 0 Å². The van der Waals surface area contributed by atoms with Gasteiger partial charge >= 0.3 is 0 Å². The van der Waals surface area contributed by atoms with Crippen LogP contribution < -0.4 is 0 Å². The minimum absolute atomic E-state index is 0.248. The Bertz CT molecular complexity index is 395. The van der Waals surface area contributed by atoms with Gasteiger partial charge in [-0.3, -0.25) is 0 Å². The SMILES string of the molecule is CC1CCCC1C(O)CC1CCCN(S(C)(=O)=O)C1. The van der Waals surface area contributed by atoms with Crippen LogP contribution in [0.2, 0.25) is 0 Å². The second-order valence-corrected chi connectivity index (χ2v) is 8.49. The van der Waals surface area contributed by atoms with E-state index in [0.717, 1.165) is 25.7 Å². The summed E-state index contributed by atoms with van der Waals surface area (Å²) in [5, 5.41) is 10.4. The second-order valence-electron chi connectivity index (χ2n) is 6.50. The molecule has 1 aliphatic carbocycles. The summed E-state index contributed by atoms with van der Waals surface area (Å²) in [5.74, 6) is 1.37. The van der Waals surface area contributed by atoms with Crippen LogP contribution in [0.4, 0.5) is 0 Å². The zero-order valence-electron chi connectivity index (χ0n) is 12.1. The van der Waals surface area contributed by atoms with Gasteiger partial charge in [-0.15, -0.1) is 0 Å². The molecule has 112 valence electrons. The molecule has 0 radical (unpaired) electrons. The van der Waals surface area contributed by atoms with E-state index in [1.807, 2.05) is 0 Å². The topological polar surface area (TPSA) is 57.6 Å². The molecule has 19 heavy (non-hydrogen) atoms. The zero-order chi connectivity index (χ0) is 14.0. The van der Waals surface area contributed by atoms with Crippen LogP contribution in [0.5, 0.6) is 0 Å². The average molecular weight is 289 g/mol. The number of rotatable bonds is 4. The summed E-state index contributed by atoms with van der Waals surface area (Å²) in [6.07, 6.45) is 7.35. The Morgan fingerprint density at radius 3 is 2.58 bits per heavy atom. The molecule has 0 aromatic carbocycles. The molecule has 0 spiro atoms. The molecule has 0 amide bonds. The van der Waals surface area contributed by atoms with Gasteiger partial charge < -0.3 is 5.11 Å². The van der Waals surface area contributed by atoms with Gasteiger partial charge in [-0.25, -0.2) is 12.7 Å². The summed E-state index contributed by atoms with van der Waals surface area (Å²) in [4.78, 5) is 0. The maximum absolute atomic E-state index is 11.6. The third-order valence-corrected chi connectivity index (χ3v) is 6.22. The lowest BCUT2D eigenvalue weighted by molar-refractivity contribution is 0.0565. The van der Waals surface area contributed by atoms with Gasteiger partial charge in [0, 0.05) is 13.1 Å². The highest BCUT2D eigenvalue weighted by Crippen LogP contribution is 2.36. The van der Waals surface area contributed by atoms with Gasteiger partial charge in [0.2, 0.25) is 10.0 Å². The van der Waals surface area contributed by atoms with E-state index in [1.165, 1.54) is 19.1 Å². The monoisotopic (exact) mass is 289 g/mol. The van der Waals surface area contributed by atoms with Gasteiger partial charge in [-0.2, -0.15) is 0 Å². The Labute approximate surface area is 117 Å². The van der Waals surface area contributed by atoms with Crippen molar-refractivity contribution in [3.63, 3.8) is 0 Å². The largest absolute Gasteiger partial charge is 0.393 e. The van der Waals surface area contributed by atoms with Crippen LogP contribution in [0.15, 0.2) is 0 Å². The molecular weight excluding hydrogens is 262 g/mol. The lowest BCUT2D eigenvalue weighted by atomic mass is 9.84. The Morgan fingerprint density at radius 2 is 2.00 bits per heavy atom. The van der Waals surface area contributed by atoms with Gasteiger partial charge in [-0.1, -0.05) is 19.8 Å². The first-order chi connectivity index (χ1) is 8.88. The Hall–Kier alpha value is -0.130. The lowest BCUT2D eigenvalue weighted by Gasteiger charge is -2.33. The smallest absolute Gasteiger partial charge is 0.211 e. The van der Waals surface area contributed by atoms with E-state index in [2.05, 4.69) is 6.92 Å². The van der Waals surface area contributed by atoms with Gasteiger partial charge in [0.15, 0.2) is 0 Å². The summed E-state index contributed by atoms with van der Waals surface area (Å²) in [5.41, 5.74) is 0. The van der Waals surface area contributed by atoms with Crippen LogP contribution in [0, 0.1) is 17.8 Å². The van der Waals surface area contributed by atoms with Crippen molar-refractivity contribution in [3.05, 3.63) is 0 Å². The molecule has 2 fully saturated rings. The Morgan fingerprint density at radius 1 is 1.26 bits per heavy atom. The molecule has 1 saturated carbocycles. The molecule has 4 atom stereocenters. The van der Waals surface area contributed by atoms with Crippen molar-refractivity contribution in [1.29, 1.82) is 0 Å². The van der Waals surface area contributed by atoms with Crippen molar-refractivity contribution in [1.82, 2.24) is 4.31 Å². The van der Waals surface area contributed by atoms with Crippen molar-refractivity contribution in [2.24, 2.45) is 17.8 Å². The fraction of sp³-hybridized carbons (Fsp3) is 1.00. The van der Waals surface area contributed by atoms with E-state index in [0.29, 0.717) is 30.8 Å². The molecule has 4 unspecified atom stereocenters. The first kappa shape index (κ1) is 15.3. The molecule has 4 nitrogen and oxygen atoms in total. The molecule has 1 saturated heterocycles. The number of aliphatic hydroxyl groups excluding tert-OH is 1. The predicted octanol–water partition coefficient (Wildman–Crippen LogP) is 1.85. The maximum Gasteiger partial charge on any atom is 0.211 e. The van der Waals surface area contributed by atoms with E-state index in [1.54, 1.807) is 4.31 Å². The first-order valence-electron chi connectivity index (χ1n) is 7.51. The first-order valence-corrected chi connectivity index (χ1v) is 9.36. The van der Waals surface area contributed by atoms with Crippen molar-refractivity contribution in [2.45, 2.75) is 51.6 Å². The molecule has 5 heteroatoms. The molecule has 2 rings (SSSR count). The summed E-state index contributed by atoms with van der Waals surface area (Å²) in [6, 6.07) is 0. The molecule has 0 aromatic rings. The summed E-state index contributed by atoms with van der Waals surface area (Å²) < 4.78 is 24.8. The fourth-order valence-corrected chi connectivity index (χ4v) is 4.72. The van der Waals surface area contributed by atoms with E-state index < -0.39 is 10.0 Å². The van der Waals surface area contributed by atoms with Gasteiger partial charge in [0.05, 0.1) is 12.4 Å². The number of hydrogen-bond donors (Lipinski definition) is 1. The predicted molar refractivity (Wildman–Crippen MR) is 76.3 cm³/mol. The number of nitrogens with zero attached hydrogens (tertiary/aromatic N) is 1. The van der Waals surface area contributed by atoms with Crippen LogP contribution in [-0.2, 0) is 10.0 Å². The molecule has 1 N–H and O–H groups in total. The minimum atomic E-state index is -3.07. The van der Waals surface area contributed by atoms with E-state index in [-0.39, 0.29) is 6.10 Å². The summed E-state index contributed by atoms with van der Waals surface area (Å²) in [7, 11) is -3.07. The summed E-state index contributed by atoms with van der Waals surface area (Å²) in [6.45, 7) is 3.47. The van der Waals surface area contributed by atoms with Gasteiger partial charge in [0.25, 0.3) is 0 Å². The fourth-order valence-electron chi connectivity index (χ4n) is 3.78. The van der Waals surface area contributed by atoms with Gasteiger partial charge in [-0.05, 0) is 43.4 Å². The molecule has 1 heterocycles. The van der Waals surface area contributed by atoms with Crippen LogP contribution in [0.25, 0.3) is 0 Å². The normalized spacial score (nSPS) is 35.4. The third-order valence-electron chi connectivity index (χ3n) is 4.95. The lowest BCUT2D eigenvalue weighted by Crippen LogP contribution is -2.40. The van der Waals surface area contributed by atoms with E-state index in [9.17, 15) is 13.5 Å². The van der Waals surface area contributed by atoms with Gasteiger partial charge in [0.1, 0.15) is 0 Å². The van der Waals surface area contributed by atoms with Crippen LogP contribution in [0.1, 0.15) is 45.4 Å². The average Bonchev–Trinajstić information content (AvgIpc) is 2.75. The van der Waals surface area contributed by atoms with E-state index >= 15 is 0 Å². The number of hydrogen-bond acceptors (Lipinski definition) is 3. The minimum Gasteiger partial charge on any atom is -0.393 e. The molecular formula is C14H27NO3S. The molecule has 0 bridgehead atoms. The maximum atomic E-state index is 11.6. The molecule has 0 aromatic heterocycles. The highest BCUT2D eigenvalue weighted by atomic mass is 32.2. The highest BCUT2D eigenvalue weighted by molar-refractivity contribution is 7.88. The second kappa shape index (κ2) is 6.10. The standard InChI is InChI=1S/C14H27NO3S/c1-11-5-3-7-13(11)14(16)9-12-6-4-8-15(10-12)19(2,17)18/h11-14,16H,3-10H2,1-2H3. The van der Waals surface area contributed by atoms with Crippen LogP contribution in [-0.4, -0.2) is 43.3 Å². The summed E-state index contributed by atoms with van der Waals surface area (Å²) >= 11 is 0. The van der Waals surface area contributed by atoms with Crippen molar-refractivity contribution < 1.29 is 13.5 Å². The Balaban J connectivity index is 1.88. The molecule has 1 aliphatic heterocycles. The van der Waals surface area contributed by atoms with Crippen LogP contribution in [0.3, 0.4) is 0 Å². The number of aliphatic hydroxyl groups is 1. The zero-order valence-corrected chi connectivity index (χ0v) is 12.9. The third kappa shape index (κ3) is 3.92. The number of sulfonamides is 1. The van der Waals surface area contributed by atoms with Crippen molar-refractivity contribution in [3.8, 4) is 0 Å². The van der Waals surface area contributed by atoms with Crippen molar-refractivity contribution in [2.75, 3.05) is 19.3 Å². The van der Waals surface area contributed by atoms with Crippen LogP contribution >= 0.6 is 0 Å². The molecule has 2 aliphatic rings. The quantitative estimate of drug-likeness (QED) is 0.859. The Kier molecular flexibility index (Phi) is 4.90. The highest BCUT2D eigenvalue weighted by Gasteiger charge is 2.33. The van der Waals surface area contributed by atoms with Crippen molar-refractivity contribution >= 4 is 10.0 Å². The number of piperidine rings is 1.